The lowest BCUT2D eigenvalue weighted by Crippen LogP contribution is -2.34. The van der Waals surface area contributed by atoms with Crippen LogP contribution in [-0.4, -0.2) is 27.5 Å². The van der Waals surface area contributed by atoms with Gasteiger partial charge in [-0.05, 0) is 37.9 Å². The van der Waals surface area contributed by atoms with Crippen molar-refractivity contribution in [1.29, 1.82) is 0 Å². The second-order valence-corrected chi connectivity index (χ2v) is 9.18. The summed E-state index contributed by atoms with van der Waals surface area (Å²) < 4.78 is 27.8. The number of hydrogen-bond donors (Lipinski definition) is 2. The fourth-order valence-corrected chi connectivity index (χ4v) is 5.97. The molecule has 0 aliphatic heterocycles. The Labute approximate surface area is 122 Å². The van der Waals surface area contributed by atoms with Crippen LogP contribution in [0.3, 0.4) is 0 Å². The molecule has 0 spiro atoms. The van der Waals surface area contributed by atoms with Gasteiger partial charge in [-0.15, -0.1) is 11.3 Å². The van der Waals surface area contributed by atoms with Crippen LogP contribution in [0.2, 0.25) is 0 Å². The van der Waals surface area contributed by atoms with Gasteiger partial charge in [0.25, 0.3) is 0 Å². The number of thiophene rings is 1. The van der Waals surface area contributed by atoms with E-state index in [9.17, 15) is 8.42 Å². The van der Waals surface area contributed by atoms with E-state index >= 15 is 0 Å². The highest BCUT2D eigenvalue weighted by atomic mass is 79.9. The quantitative estimate of drug-likeness (QED) is 0.715. The Bertz CT molecular complexity index is 471. The summed E-state index contributed by atoms with van der Waals surface area (Å²) in [6.45, 7) is 5.02. The maximum atomic E-state index is 11.9. The second-order valence-electron chi connectivity index (χ2n) is 3.70. The lowest BCUT2D eigenvalue weighted by molar-refractivity contribution is 0.559. The molecule has 0 saturated carbocycles. The van der Waals surface area contributed by atoms with Gasteiger partial charge in [0.1, 0.15) is 4.90 Å². The van der Waals surface area contributed by atoms with Crippen molar-refractivity contribution in [1.82, 2.24) is 10.0 Å². The fraction of sp³-hybridized carbons (Fsp3) is 0.556. The summed E-state index contributed by atoms with van der Waals surface area (Å²) in [5, 5.41) is 3.14. The van der Waals surface area contributed by atoms with Crippen LogP contribution in [0.1, 0.15) is 13.8 Å². The first kappa shape index (κ1) is 15.6. The first-order chi connectivity index (χ1) is 7.83. The molecular formula is C9H14Br2N2O2S2. The molecule has 1 aromatic heterocycles. The average molecular weight is 406 g/mol. The molecule has 4 nitrogen and oxygen atoms in total. The van der Waals surface area contributed by atoms with E-state index in [-0.39, 0.29) is 4.90 Å². The van der Waals surface area contributed by atoms with E-state index in [1.54, 1.807) is 6.07 Å². The van der Waals surface area contributed by atoms with Gasteiger partial charge in [-0.25, -0.2) is 13.1 Å². The van der Waals surface area contributed by atoms with E-state index in [0.717, 1.165) is 3.79 Å². The van der Waals surface area contributed by atoms with Crippen LogP contribution in [0.5, 0.6) is 0 Å². The molecule has 0 atom stereocenters. The van der Waals surface area contributed by atoms with Gasteiger partial charge in [0.05, 0.1) is 7.57 Å². The largest absolute Gasteiger partial charge is 0.313 e. The molecule has 0 amide bonds. The SMILES string of the molecule is CC(C)NCCNS(=O)(=O)c1cc(Br)sc1Br. The highest BCUT2D eigenvalue weighted by Crippen LogP contribution is 2.34. The Kier molecular flexibility index (Phi) is 6.07. The minimum absolute atomic E-state index is 0.277. The molecule has 0 aliphatic rings. The Hall–Kier alpha value is 0.530. The van der Waals surface area contributed by atoms with Crippen molar-refractivity contribution in [2.24, 2.45) is 0 Å². The summed E-state index contributed by atoms with van der Waals surface area (Å²) in [4.78, 5) is 0.277. The van der Waals surface area contributed by atoms with E-state index in [2.05, 4.69) is 41.9 Å². The molecule has 0 radical (unpaired) electrons. The van der Waals surface area contributed by atoms with E-state index in [1.165, 1.54) is 11.3 Å². The van der Waals surface area contributed by atoms with Crippen molar-refractivity contribution in [3.63, 3.8) is 0 Å². The molecule has 17 heavy (non-hydrogen) atoms. The lowest BCUT2D eigenvalue weighted by atomic mass is 10.4. The summed E-state index contributed by atoms with van der Waals surface area (Å²) in [6.07, 6.45) is 0. The molecule has 98 valence electrons. The van der Waals surface area contributed by atoms with Crippen molar-refractivity contribution in [3.05, 3.63) is 13.6 Å². The van der Waals surface area contributed by atoms with Crippen molar-refractivity contribution in [2.45, 2.75) is 24.8 Å². The molecule has 2 N–H and O–H groups in total. The Morgan fingerprint density at radius 2 is 2.00 bits per heavy atom. The van der Waals surface area contributed by atoms with Gasteiger partial charge in [-0.3, -0.25) is 0 Å². The number of halogens is 2. The summed E-state index contributed by atoms with van der Waals surface area (Å²) in [6, 6.07) is 1.94. The van der Waals surface area contributed by atoms with E-state index in [0.29, 0.717) is 22.9 Å². The van der Waals surface area contributed by atoms with E-state index < -0.39 is 10.0 Å². The number of nitrogens with one attached hydrogen (secondary N) is 2. The van der Waals surface area contributed by atoms with Gasteiger partial charge in [-0.1, -0.05) is 13.8 Å². The molecule has 1 rings (SSSR count). The summed E-state index contributed by atoms with van der Waals surface area (Å²) in [5.41, 5.74) is 0. The standard InChI is InChI=1S/C9H14Br2N2O2S2/c1-6(2)12-3-4-13-17(14,15)7-5-8(10)16-9(7)11/h5-6,12-13H,3-4H2,1-2H3. The third kappa shape index (κ3) is 4.96. The minimum Gasteiger partial charge on any atom is -0.313 e. The molecule has 0 unspecified atom stereocenters. The molecule has 1 aromatic rings. The predicted molar refractivity (Wildman–Crippen MR) is 78.0 cm³/mol. The minimum atomic E-state index is -3.42. The van der Waals surface area contributed by atoms with Crippen LogP contribution >= 0.6 is 43.2 Å². The van der Waals surface area contributed by atoms with Crippen LogP contribution in [0.4, 0.5) is 0 Å². The molecule has 0 fully saturated rings. The summed E-state index contributed by atoms with van der Waals surface area (Å²) in [7, 11) is -3.42. The monoisotopic (exact) mass is 404 g/mol. The highest BCUT2D eigenvalue weighted by Gasteiger charge is 2.19. The normalized spacial score (nSPS) is 12.3. The highest BCUT2D eigenvalue weighted by molar-refractivity contribution is 9.12. The lowest BCUT2D eigenvalue weighted by Gasteiger charge is -2.09. The van der Waals surface area contributed by atoms with E-state index in [4.69, 9.17) is 0 Å². The van der Waals surface area contributed by atoms with Gasteiger partial charge >= 0.3 is 0 Å². The van der Waals surface area contributed by atoms with Gasteiger partial charge in [-0.2, -0.15) is 0 Å². The van der Waals surface area contributed by atoms with Crippen LogP contribution in [0.15, 0.2) is 18.5 Å². The number of rotatable bonds is 6. The van der Waals surface area contributed by atoms with Crippen LogP contribution < -0.4 is 10.0 Å². The summed E-state index contributed by atoms with van der Waals surface area (Å²) >= 11 is 7.84. The predicted octanol–water partition coefficient (Wildman–Crippen LogP) is 2.55. The van der Waals surface area contributed by atoms with Gasteiger partial charge < -0.3 is 5.32 Å². The van der Waals surface area contributed by atoms with Crippen LogP contribution in [-0.2, 0) is 10.0 Å². The number of hydrogen-bond acceptors (Lipinski definition) is 4. The molecule has 1 heterocycles. The smallest absolute Gasteiger partial charge is 0.242 e. The summed E-state index contributed by atoms with van der Waals surface area (Å²) in [5.74, 6) is 0. The first-order valence-electron chi connectivity index (χ1n) is 5.01. The molecular weight excluding hydrogens is 392 g/mol. The van der Waals surface area contributed by atoms with Crippen LogP contribution in [0.25, 0.3) is 0 Å². The van der Waals surface area contributed by atoms with Gasteiger partial charge in [0.2, 0.25) is 10.0 Å². The molecule has 8 heteroatoms. The Morgan fingerprint density at radius 3 is 2.47 bits per heavy atom. The molecule has 0 aliphatic carbocycles. The Balaban J connectivity index is 2.60. The molecule has 0 bridgehead atoms. The van der Waals surface area contributed by atoms with Gasteiger partial charge in [0, 0.05) is 19.1 Å². The second kappa shape index (κ2) is 6.63. The van der Waals surface area contributed by atoms with Crippen molar-refractivity contribution in [3.8, 4) is 0 Å². The van der Waals surface area contributed by atoms with Crippen molar-refractivity contribution in [2.75, 3.05) is 13.1 Å². The molecule has 0 aromatic carbocycles. The third-order valence-corrected chi connectivity index (χ3v) is 6.10. The van der Waals surface area contributed by atoms with Crippen LogP contribution in [0, 0.1) is 0 Å². The fourth-order valence-electron chi connectivity index (χ4n) is 1.13. The zero-order valence-electron chi connectivity index (χ0n) is 9.46. The average Bonchev–Trinajstić information content (AvgIpc) is 2.53. The Morgan fingerprint density at radius 1 is 1.35 bits per heavy atom. The van der Waals surface area contributed by atoms with Gasteiger partial charge in [0.15, 0.2) is 0 Å². The van der Waals surface area contributed by atoms with Crippen molar-refractivity contribution >= 4 is 53.2 Å². The topological polar surface area (TPSA) is 58.2 Å². The zero-order chi connectivity index (χ0) is 13.1. The zero-order valence-corrected chi connectivity index (χ0v) is 14.3. The van der Waals surface area contributed by atoms with Crippen molar-refractivity contribution < 1.29 is 8.42 Å². The maximum Gasteiger partial charge on any atom is 0.242 e. The maximum absolute atomic E-state index is 11.9. The third-order valence-electron chi connectivity index (χ3n) is 1.88. The number of sulfonamides is 1. The molecule has 0 saturated heterocycles. The first-order valence-corrected chi connectivity index (χ1v) is 8.89. The van der Waals surface area contributed by atoms with E-state index in [1.807, 2.05) is 13.8 Å².